The third kappa shape index (κ3) is 3.66. The maximum absolute atomic E-state index is 11.7. The van der Waals surface area contributed by atoms with Gasteiger partial charge in [-0.15, -0.1) is 0 Å². The van der Waals surface area contributed by atoms with Gasteiger partial charge in [-0.3, -0.25) is 9.69 Å². The van der Waals surface area contributed by atoms with Crippen molar-refractivity contribution in [3.05, 3.63) is 35.9 Å². The SMILES string of the molecule is CCOC(=O)[C@H](Cc1ccccc1)N(C)C. The van der Waals surface area contributed by atoms with Gasteiger partial charge in [-0.1, -0.05) is 30.3 Å². The Bertz CT molecular complexity index is 322. The van der Waals surface area contributed by atoms with E-state index in [0.717, 1.165) is 5.56 Å². The second-order valence-electron chi connectivity index (χ2n) is 3.92. The van der Waals surface area contributed by atoms with Crippen LogP contribution in [0.15, 0.2) is 30.3 Å². The van der Waals surface area contributed by atoms with Crippen LogP contribution in [0.4, 0.5) is 0 Å². The first kappa shape index (κ1) is 12.7. The summed E-state index contributed by atoms with van der Waals surface area (Å²) in [6.45, 7) is 2.26. The molecule has 0 heterocycles. The lowest BCUT2D eigenvalue weighted by Gasteiger charge is -2.22. The third-order valence-electron chi connectivity index (χ3n) is 2.45. The van der Waals surface area contributed by atoms with E-state index in [4.69, 9.17) is 4.74 Å². The molecule has 1 rings (SSSR count). The molecule has 0 N–H and O–H groups in total. The molecule has 88 valence electrons. The molecule has 3 heteroatoms. The summed E-state index contributed by atoms with van der Waals surface area (Å²) < 4.78 is 5.06. The van der Waals surface area contributed by atoms with Crippen molar-refractivity contribution < 1.29 is 9.53 Å². The van der Waals surface area contributed by atoms with E-state index in [2.05, 4.69) is 0 Å². The summed E-state index contributed by atoms with van der Waals surface area (Å²) in [4.78, 5) is 13.6. The first-order valence-corrected chi connectivity index (χ1v) is 5.52. The molecular weight excluding hydrogens is 202 g/mol. The zero-order valence-corrected chi connectivity index (χ0v) is 10.1. The highest BCUT2D eigenvalue weighted by atomic mass is 16.5. The molecule has 0 spiro atoms. The number of esters is 1. The number of carbonyl (C=O) groups excluding carboxylic acids is 1. The molecule has 0 amide bonds. The minimum Gasteiger partial charge on any atom is -0.465 e. The number of hydrogen-bond acceptors (Lipinski definition) is 3. The fourth-order valence-electron chi connectivity index (χ4n) is 1.55. The van der Waals surface area contributed by atoms with Crippen molar-refractivity contribution >= 4 is 5.97 Å². The molecule has 0 fully saturated rings. The van der Waals surface area contributed by atoms with E-state index < -0.39 is 0 Å². The molecular formula is C13H19NO2. The second kappa shape index (κ2) is 6.28. The summed E-state index contributed by atoms with van der Waals surface area (Å²) in [6.07, 6.45) is 0.687. The highest BCUT2D eigenvalue weighted by Crippen LogP contribution is 2.08. The van der Waals surface area contributed by atoms with Crippen LogP contribution in [-0.4, -0.2) is 37.6 Å². The van der Waals surface area contributed by atoms with Gasteiger partial charge in [0, 0.05) is 0 Å². The van der Waals surface area contributed by atoms with Gasteiger partial charge in [-0.25, -0.2) is 0 Å². The number of benzene rings is 1. The molecule has 0 aromatic heterocycles. The van der Waals surface area contributed by atoms with Gasteiger partial charge in [0.25, 0.3) is 0 Å². The molecule has 0 saturated heterocycles. The Morgan fingerprint density at radius 3 is 2.44 bits per heavy atom. The number of ether oxygens (including phenoxy) is 1. The van der Waals surface area contributed by atoms with E-state index in [0.29, 0.717) is 13.0 Å². The number of likely N-dealkylation sites (N-methyl/N-ethyl adjacent to an activating group) is 1. The van der Waals surface area contributed by atoms with E-state index in [1.54, 1.807) is 0 Å². The van der Waals surface area contributed by atoms with E-state index in [9.17, 15) is 4.79 Å². The topological polar surface area (TPSA) is 29.5 Å². The highest BCUT2D eigenvalue weighted by Gasteiger charge is 2.22. The molecule has 0 radical (unpaired) electrons. The fourth-order valence-corrected chi connectivity index (χ4v) is 1.55. The quantitative estimate of drug-likeness (QED) is 0.709. The van der Waals surface area contributed by atoms with Gasteiger partial charge in [-0.2, -0.15) is 0 Å². The maximum Gasteiger partial charge on any atom is 0.323 e. The predicted octanol–water partition coefficient (Wildman–Crippen LogP) is 1.72. The average molecular weight is 221 g/mol. The molecule has 3 nitrogen and oxygen atoms in total. The van der Waals surface area contributed by atoms with Crippen LogP contribution in [0.25, 0.3) is 0 Å². The molecule has 1 atom stereocenters. The standard InChI is InChI=1S/C13H19NO2/c1-4-16-13(15)12(14(2)3)10-11-8-6-5-7-9-11/h5-9,12H,4,10H2,1-3H3/t12-/m0/s1. The largest absolute Gasteiger partial charge is 0.465 e. The maximum atomic E-state index is 11.7. The van der Waals surface area contributed by atoms with Crippen molar-refractivity contribution in [1.82, 2.24) is 4.90 Å². The minimum absolute atomic E-state index is 0.156. The van der Waals surface area contributed by atoms with Crippen molar-refractivity contribution in [3.63, 3.8) is 0 Å². The lowest BCUT2D eigenvalue weighted by molar-refractivity contribution is -0.148. The molecule has 0 unspecified atom stereocenters. The van der Waals surface area contributed by atoms with Crippen LogP contribution in [0, 0.1) is 0 Å². The highest BCUT2D eigenvalue weighted by molar-refractivity contribution is 5.76. The normalized spacial score (nSPS) is 12.5. The monoisotopic (exact) mass is 221 g/mol. The van der Waals surface area contributed by atoms with Crippen molar-refractivity contribution in [1.29, 1.82) is 0 Å². The third-order valence-corrected chi connectivity index (χ3v) is 2.45. The number of rotatable bonds is 5. The summed E-state index contributed by atoms with van der Waals surface area (Å²) in [5.74, 6) is -0.156. The molecule has 0 aliphatic carbocycles. The van der Waals surface area contributed by atoms with Crippen molar-refractivity contribution in [2.45, 2.75) is 19.4 Å². The predicted molar refractivity (Wildman–Crippen MR) is 64.3 cm³/mol. The van der Waals surface area contributed by atoms with Crippen LogP contribution in [0.5, 0.6) is 0 Å². The summed E-state index contributed by atoms with van der Waals surface area (Å²) in [5.41, 5.74) is 1.15. The summed E-state index contributed by atoms with van der Waals surface area (Å²) >= 11 is 0. The number of carbonyl (C=O) groups is 1. The molecule has 0 saturated carbocycles. The Morgan fingerprint density at radius 1 is 1.31 bits per heavy atom. The molecule has 0 aliphatic heterocycles. The van der Waals surface area contributed by atoms with Crippen LogP contribution in [-0.2, 0) is 16.0 Å². The van der Waals surface area contributed by atoms with E-state index in [1.165, 1.54) is 0 Å². The van der Waals surface area contributed by atoms with Gasteiger partial charge in [0.15, 0.2) is 0 Å². The Hall–Kier alpha value is -1.35. The van der Waals surface area contributed by atoms with Crippen molar-refractivity contribution in [3.8, 4) is 0 Å². The van der Waals surface area contributed by atoms with Gasteiger partial charge < -0.3 is 4.74 Å². The first-order chi connectivity index (χ1) is 7.65. The van der Waals surface area contributed by atoms with E-state index >= 15 is 0 Å². The number of hydrogen-bond donors (Lipinski definition) is 0. The lowest BCUT2D eigenvalue weighted by Crippen LogP contribution is -2.38. The van der Waals surface area contributed by atoms with Gasteiger partial charge in [0.2, 0.25) is 0 Å². The first-order valence-electron chi connectivity index (χ1n) is 5.52. The average Bonchev–Trinajstić information content (AvgIpc) is 2.27. The van der Waals surface area contributed by atoms with Crippen LogP contribution in [0.3, 0.4) is 0 Å². The van der Waals surface area contributed by atoms with Crippen LogP contribution < -0.4 is 0 Å². The van der Waals surface area contributed by atoms with Gasteiger partial charge in [0.05, 0.1) is 6.61 Å². The fraction of sp³-hybridized carbons (Fsp3) is 0.462. The van der Waals surface area contributed by atoms with Crippen LogP contribution in [0.1, 0.15) is 12.5 Å². The smallest absolute Gasteiger partial charge is 0.323 e. The van der Waals surface area contributed by atoms with Gasteiger partial charge in [-0.05, 0) is 33.0 Å². The minimum atomic E-state index is -0.206. The summed E-state index contributed by atoms with van der Waals surface area (Å²) in [5, 5.41) is 0. The Morgan fingerprint density at radius 2 is 1.94 bits per heavy atom. The van der Waals surface area contributed by atoms with Gasteiger partial charge in [0.1, 0.15) is 6.04 Å². The molecule has 0 aliphatic rings. The molecule has 1 aromatic rings. The zero-order chi connectivity index (χ0) is 12.0. The molecule has 1 aromatic carbocycles. The Balaban J connectivity index is 2.69. The summed E-state index contributed by atoms with van der Waals surface area (Å²) in [7, 11) is 3.79. The Kier molecular flexibility index (Phi) is 4.99. The Labute approximate surface area is 97.0 Å². The molecule has 0 bridgehead atoms. The van der Waals surface area contributed by atoms with Gasteiger partial charge >= 0.3 is 5.97 Å². The molecule has 16 heavy (non-hydrogen) atoms. The van der Waals surface area contributed by atoms with Crippen LogP contribution in [0.2, 0.25) is 0 Å². The van der Waals surface area contributed by atoms with E-state index in [-0.39, 0.29) is 12.0 Å². The van der Waals surface area contributed by atoms with E-state index in [1.807, 2.05) is 56.3 Å². The van der Waals surface area contributed by atoms with Crippen molar-refractivity contribution in [2.75, 3.05) is 20.7 Å². The van der Waals surface area contributed by atoms with Crippen LogP contribution >= 0.6 is 0 Å². The zero-order valence-electron chi connectivity index (χ0n) is 10.1. The second-order valence-corrected chi connectivity index (χ2v) is 3.92. The van der Waals surface area contributed by atoms with Crippen molar-refractivity contribution in [2.24, 2.45) is 0 Å². The summed E-state index contributed by atoms with van der Waals surface area (Å²) in [6, 6.07) is 9.77. The number of nitrogens with zero attached hydrogens (tertiary/aromatic N) is 1. The lowest BCUT2D eigenvalue weighted by atomic mass is 10.1.